The maximum Gasteiger partial charge on any atom is 0.279 e. The van der Waals surface area contributed by atoms with E-state index in [-0.39, 0.29) is 17.1 Å². The van der Waals surface area contributed by atoms with Gasteiger partial charge in [-0.1, -0.05) is 30.3 Å². The number of aromatic amines is 1. The molecule has 0 saturated carbocycles. The summed E-state index contributed by atoms with van der Waals surface area (Å²) in [6.07, 6.45) is 1.62. The van der Waals surface area contributed by atoms with Crippen LogP contribution in [0.1, 0.15) is 11.1 Å². The lowest BCUT2D eigenvalue weighted by Crippen LogP contribution is -2.33. The molecule has 2 aromatic carbocycles. The molecule has 0 aliphatic carbocycles. The molecular formula is C18H16N2O3. The van der Waals surface area contributed by atoms with Crippen LogP contribution < -0.4 is 16.1 Å². The highest BCUT2D eigenvalue weighted by atomic mass is 16.3. The molecule has 0 spiro atoms. The molecule has 1 heterocycles. The van der Waals surface area contributed by atoms with Crippen molar-refractivity contribution in [1.82, 2.24) is 9.78 Å². The summed E-state index contributed by atoms with van der Waals surface area (Å²) in [6.45, 7) is 5.84. The van der Waals surface area contributed by atoms with E-state index in [0.29, 0.717) is 16.1 Å². The Morgan fingerprint density at radius 1 is 1.09 bits per heavy atom. The number of rotatable bonds is 2. The van der Waals surface area contributed by atoms with Crippen LogP contribution in [0.15, 0.2) is 47.3 Å². The second-order valence-electron chi connectivity index (χ2n) is 5.37. The van der Waals surface area contributed by atoms with E-state index in [0.717, 1.165) is 11.3 Å². The molecule has 3 rings (SSSR count). The fraction of sp³-hybridized carbons (Fsp3) is 0.0556. The summed E-state index contributed by atoms with van der Waals surface area (Å²) in [7, 11) is 0. The number of hydrogen-bond donors (Lipinski definition) is 3. The number of phenols is 2. The molecule has 0 radical (unpaired) electrons. The van der Waals surface area contributed by atoms with Crippen molar-refractivity contribution in [2.24, 2.45) is 0 Å². The van der Waals surface area contributed by atoms with Gasteiger partial charge < -0.3 is 10.2 Å². The van der Waals surface area contributed by atoms with Crippen LogP contribution in [-0.4, -0.2) is 20.0 Å². The third-order valence-electron chi connectivity index (χ3n) is 3.61. The first kappa shape index (κ1) is 14.7. The SMILES string of the molecule is C=c1[nH]n(-c2ccc(C)cc2)c(=O)c1=Cc1ccc(O)c(O)c1. The first-order valence-electron chi connectivity index (χ1n) is 7.06. The molecule has 0 aliphatic rings. The molecule has 23 heavy (non-hydrogen) atoms. The normalized spacial score (nSPS) is 11.8. The van der Waals surface area contributed by atoms with Crippen LogP contribution >= 0.6 is 0 Å². The van der Waals surface area contributed by atoms with Gasteiger partial charge in [0, 0.05) is 0 Å². The summed E-state index contributed by atoms with van der Waals surface area (Å²) in [6, 6.07) is 11.9. The molecule has 0 saturated heterocycles. The third kappa shape index (κ3) is 2.76. The van der Waals surface area contributed by atoms with Crippen LogP contribution in [-0.2, 0) is 0 Å². The number of hydrogen-bond acceptors (Lipinski definition) is 3. The molecule has 0 atom stereocenters. The molecule has 0 fully saturated rings. The van der Waals surface area contributed by atoms with E-state index in [1.165, 1.54) is 16.8 Å². The minimum atomic E-state index is -0.237. The van der Waals surface area contributed by atoms with E-state index in [1.54, 1.807) is 12.1 Å². The van der Waals surface area contributed by atoms with Gasteiger partial charge in [-0.2, -0.15) is 0 Å². The number of H-pyrrole nitrogens is 1. The highest BCUT2D eigenvalue weighted by molar-refractivity contribution is 5.55. The molecule has 3 N–H and O–H groups in total. The number of nitrogens with zero attached hydrogens (tertiary/aromatic N) is 1. The van der Waals surface area contributed by atoms with Crippen molar-refractivity contribution in [3.8, 4) is 17.2 Å². The van der Waals surface area contributed by atoms with Crippen LogP contribution in [0.3, 0.4) is 0 Å². The van der Waals surface area contributed by atoms with Crippen molar-refractivity contribution in [3.05, 3.63) is 74.5 Å². The molecule has 1 aromatic heterocycles. The number of nitrogens with one attached hydrogen (secondary N) is 1. The molecular weight excluding hydrogens is 292 g/mol. The highest BCUT2D eigenvalue weighted by Gasteiger charge is 2.05. The van der Waals surface area contributed by atoms with E-state index >= 15 is 0 Å². The van der Waals surface area contributed by atoms with Gasteiger partial charge in [-0.05, 0) is 42.8 Å². The van der Waals surface area contributed by atoms with Crippen molar-refractivity contribution in [2.45, 2.75) is 6.92 Å². The maximum absolute atomic E-state index is 12.6. The predicted molar refractivity (Wildman–Crippen MR) is 89.2 cm³/mol. The molecule has 116 valence electrons. The quantitative estimate of drug-likeness (QED) is 0.621. The summed E-state index contributed by atoms with van der Waals surface area (Å²) in [5.74, 6) is -0.443. The van der Waals surface area contributed by atoms with Crippen molar-refractivity contribution >= 4 is 12.7 Å². The lowest BCUT2D eigenvalue weighted by Gasteiger charge is -2.01. The number of aromatic nitrogens is 2. The molecule has 0 amide bonds. The van der Waals surface area contributed by atoms with Crippen LogP contribution in [0.2, 0.25) is 0 Å². The Kier molecular flexibility index (Phi) is 3.54. The minimum absolute atomic E-state index is 0.205. The number of aromatic hydroxyl groups is 2. The summed E-state index contributed by atoms with van der Waals surface area (Å²) in [4.78, 5) is 12.6. The first-order chi connectivity index (χ1) is 11.0. The zero-order valence-electron chi connectivity index (χ0n) is 12.6. The molecule has 5 nitrogen and oxygen atoms in total. The van der Waals surface area contributed by atoms with Crippen LogP contribution in [0.5, 0.6) is 11.5 Å². The zero-order chi connectivity index (χ0) is 16.6. The van der Waals surface area contributed by atoms with Gasteiger partial charge in [0.2, 0.25) is 0 Å². The van der Waals surface area contributed by atoms with Crippen LogP contribution in [0.4, 0.5) is 0 Å². The summed E-state index contributed by atoms with van der Waals surface area (Å²) in [5, 5.41) is 22.7. The van der Waals surface area contributed by atoms with Gasteiger partial charge in [0.15, 0.2) is 11.5 Å². The fourth-order valence-electron chi connectivity index (χ4n) is 2.32. The van der Waals surface area contributed by atoms with Gasteiger partial charge in [-0.15, -0.1) is 0 Å². The van der Waals surface area contributed by atoms with Crippen molar-refractivity contribution in [1.29, 1.82) is 0 Å². The van der Waals surface area contributed by atoms with Gasteiger partial charge in [-0.25, -0.2) is 4.68 Å². The first-order valence-corrected chi connectivity index (χ1v) is 7.06. The molecule has 3 aromatic rings. The van der Waals surface area contributed by atoms with E-state index < -0.39 is 0 Å². The lowest BCUT2D eigenvalue weighted by molar-refractivity contribution is 0.403. The fourth-order valence-corrected chi connectivity index (χ4v) is 2.32. The maximum atomic E-state index is 12.6. The minimum Gasteiger partial charge on any atom is -0.504 e. The largest absolute Gasteiger partial charge is 0.504 e. The molecule has 0 unspecified atom stereocenters. The van der Waals surface area contributed by atoms with Gasteiger partial charge in [0.25, 0.3) is 5.56 Å². The third-order valence-corrected chi connectivity index (χ3v) is 3.61. The Hall–Kier alpha value is -3.21. The van der Waals surface area contributed by atoms with Crippen molar-refractivity contribution < 1.29 is 10.2 Å². The van der Waals surface area contributed by atoms with Gasteiger partial charge in [0.05, 0.1) is 16.3 Å². The predicted octanol–water partition coefficient (Wildman–Crippen LogP) is 1.12. The van der Waals surface area contributed by atoms with E-state index in [2.05, 4.69) is 11.7 Å². The standard InChI is InChI=1S/C18H16N2O3/c1-11-3-6-14(7-4-11)20-18(23)15(12(2)19-20)9-13-5-8-16(21)17(22)10-13/h3-10,19,21-22H,2H2,1H3. The van der Waals surface area contributed by atoms with E-state index in [4.69, 9.17) is 0 Å². The second kappa shape index (κ2) is 5.53. The average Bonchev–Trinajstić information content (AvgIpc) is 2.80. The molecule has 5 heteroatoms. The smallest absolute Gasteiger partial charge is 0.279 e. The Bertz CT molecular complexity index is 1030. The summed E-state index contributed by atoms with van der Waals surface area (Å²) in [5.41, 5.74) is 2.19. The Morgan fingerprint density at radius 2 is 1.78 bits per heavy atom. The molecule has 0 aliphatic heterocycles. The number of benzene rings is 2. The zero-order valence-corrected chi connectivity index (χ0v) is 12.6. The van der Waals surface area contributed by atoms with Gasteiger partial charge in [0.1, 0.15) is 0 Å². The van der Waals surface area contributed by atoms with Crippen LogP contribution in [0.25, 0.3) is 18.3 Å². The average molecular weight is 308 g/mol. The van der Waals surface area contributed by atoms with E-state index in [1.807, 2.05) is 31.2 Å². The molecule has 0 bridgehead atoms. The van der Waals surface area contributed by atoms with E-state index in [9.17, 15) is 15.0 Å². The number of aryl methyl sites for hydroxylation is 1. The Balaban J connectivity index is 2.16. The second-order valence-corrected chi connectivity index (χ2v) is 5.37. The summed E-state index contributed by atoms with van der Waals surface area (Å²) < 4.78 is 1.42. The van der Waals surface area contributed by atoms with Crippen LogP contribution in [0, 0.1) is 6.92 Å². The van der Waals surface area contributed by atoms with Gasteiger partial charge in [-0.3, -0.25) is 9.89 Å². The lowest BCUT2D eigenvalue weighted by atomic mass is 10.1. The highest BCUT2D eigenvalue weighted by Crippen LogP contribution is 2.24. The summed E-state index contributed by atoms with van der Waals surface area (Å²) >= 11 is 0. The Labute approximate surface area is 132 Å². The van der Waals surface area contributed by atoms with Crippen molar-refractivity contribution in [2.75, 3.05) is 0 Å². The van der Waals surface area contributed by atoms with Crippen molar-refractivity contribution in [3.63, 3.8) is 0 Å². The topological polar surface area (TPSA) is 78.2 Å². The van der Waals surface area contributed by atoms with Gasteiger partial charge >= 0.3 is 0 Å². The Morgan fingerprint density at radius 3 is 2.43 bits per heavy atom. The number of phenolic OH excluding ortho intramolecular Hbond substituents is 2. The monoisotopic (exact) mass is 308 g/mol.